The molecule has 0 radical (unpaired) electrons. The molecule has 13 heteroatoms. The molecule has 60 heavy (non-hydrogen) atoms. The van der Waals surface area contributed by atoms with Gasteiger partial charge in [-0.15, -0.1) is 0 Å². The molecule has 4 aliphatic heterocycles. The summed E-state index contributed by atoms with van der Waals surface area (Å²) in [6.07, 6.45) is 0.406. The van der Waals surface area contributed by atoms with E-state index in [1.807, 2.05) is 25.7 Å². The standard InChI is InChI=1S/C47H53N3O9S/c1-26-17-29-18-35-37(20-48)50-36(41(49(35)4)39(29)44(42(26)54-6)57-24-55-16-15-53-5)19-47(52)40(45-43(58-25-59-45)28(3)46(47)51)38(50)21-56-27(2)22-60-23-34-32-13-9-7-11-30(32)31-12-8-10-14-33(31)34/h7-14,17,27,34-38,41,52H,15-16,18-19,21-25H2,1-6H3/t27?,35-,36?,37-,38-,41-,47?/m0/s1. The number of nitriles is 1. The van der Waals surface area contributed by atoms with Gasteiger partial charge < -0.3 is 38.3 Å². The largest absolute Gasteiger partial charge is 0.493 e. The van der Waals surface area contributed by atoms with Gasteiger partial charge in [0.2, 0.25) is 6.79 Å². The molecule has 3 aromatic rings. The van der Waals surface area contributed by atoms with Crippen molar-refractivity contribution in [1.82, 2.24) is 9.80 Å². The van der Waals surface area contributed by atoms with Gasteiger partial charge in [0, 0.05) is 59.7 Å². The molecule has 0 amide bonds. The third-order valence-corrected chi connectivity index (χ3v) is 14.7. The van der Waals surface area contributed by atoms with Crippen LogP contribution in [0.5, 0.6) is 11.5 Å². The molecule has 3 unspecified atom stereocenters. The molecular formula is C47H53N3O9S. The zero-order chi connectivity index (χ0) is 41.9. The van der Waals surface area contributed by atoms with E-state index in [9.17, 15) is 15.2 Å². The minimum atomic E-state index is -1.93. The molecule has 3 saturated heterocycles. The highest BCUT2D eigenvalue weighted by atomic mass is 32.2. The van der Waals surface area contributed by atoms with Crippen molar-refractivity contribution in [2.24, 2.45) is 0 Å². The highest BCUT2D eigenvalue weighted by molar-refractivity contribution is 7.99. The molecule has 3 fully saturated rings. The number of aryl methyl sites for hydroxylation is 1. The number of Topliss-reactive ketones (excluding diaryl/α,β-unsaturated/α-hetero) is 1. The van der Waals surface area contributed by atoms with Crippen LogP contribution in [0.3, 0.4) is 0 Å². The monoisotopic (exact) mass is 835 g/mol. The van der Waals surface area contributed by atoms with Gasteiger partial charge in [-0.25, -0.2) is 0 Å². The lowest BCUT2D eigenvalue weighted by atomic mass is 9.65. The second kappa shape index (κ2) is 16.5. The number of ether oxygens (including phenoxy) is 7. The molecule has 7 atom stereocenters. The van der Waals surface area contributed by atoms with E-state index in [4.69, 9.17) is 33.2 Å². The molecular weight excluding hydrogens is 783 g/mol. The van der Waals surface area contributed by atoms with E-state index >= 15 is 0 Å². The fourth-order valence-electron chi connectivity index (χ4n) is 10.8. The number of fused-ring (bicyclic) bond motifs is 11. The Labute approximate surface area is 356 Å². The first-order valence-corrected chi connectivity index (χ1v) is 21.9. The fourth-order valence-corrected chi connectivity index (χ4v) is 12.0. The van der Waals surface area contributed by atoms with Gasteiger partial charge >= 0.3 is 0 Å². The Bertz CT molecular complexity index is 2240. The topological polar surface area (TPSA) is 132 Å². The number of ketones is 1. The molecule has 12 nitrogen and oxygen atoms in total. The zero-order valence-electron chi connectivity index (χ0n) is 35.1. The van der Waals surface area contributed by atoms with E-state index in [-0.39, 0.29) is 44.7 Å². The van der Waals surface area contributed by atoms with E-state index in [0.717, 1.165) is 28.2 Å². The first-order valence-electron chi connectivity index (χ1n) is 20.8. The Balaban J connectivity index is 1.05. The highest BCUT2D eigenvalue weighted by Gasteiger charge is 2.64. The number of likely N-dealkylation sites (N-methyl/N-ethyl adjacent to an activating group) is 1. The molecule has 0 aromatic heterocycles. The Kier molecular flexibility index (Phi) is 11.3. The number of nitrogens with zero attached hydrogens (tertiary/aromatic N) is 3. The minimum absolute atomic E-state index is 0.0181. The summed E-state index contributed by atoms with van der Waals surface area (Å²) in [5, 5.41) is 24.1. The summed E-state index contributed by atoms with van der Waals surface area (Å²) in [5.41, 5.74) is 6.94. The average molecular weight is 836 g/mol. The van der Waals surface area contributed by atoms with Gasteiger partial charge in [0.25, 0.3) is 0 Å². The van der Waals surface area contributed by atoms with Crippen molar-refractivity contribution in [3.05, 3.63) is 105 Å². The maximum atomic E-state index is 14.5. The van der Waals surface area contributed by atoms with Crippen molar-refractivity contribution in [2.75, 3.05) is 66.2 Å². The van der Waals surface area contributed by atoms with Crippen LogP contribution in [0.4, 0.5) is 0 Å². The fraction of sp³-hybridized carbons (Fsp3) is 0.489. The van der Waals surface area contributed by atoms with E-state index < -0.39 is 35.6 Å². The Morgan fingerprint density at radius 3 is 2.43 bits per heavy atom. The molecule has 0 spiro atoms. The lowest BCUT2D eigenvalue weighted by Crippen LogP contribution is -2.74. The van der Waals surface area contributed by atoms with Gasteiger partial charge in [-0.1, -0.05) is 54.6 Å². The molecule has 2 aliphatic carbocycles. The quantitative estimate of drug-likeness (QED) is 0.150. The lowest BCUT2D eigenvalue weighted by molar-refractivity contribution is -0.152. The second-order valence-corrected chi connectivity index (χ2v) is 17.8. The third-order valence-electron chi connectivity index (χ3n) is 13.4. The van der Waals surface area contributed by atoms with Crippen LogP contribution >= 0.6 is 11.8 Å². The molecule has 2 bridgehead atoms. The van der Waals surface area contributed by atoms with E-state index in [1.165, 1.54) is 22.3 Å². The number of methoxy groups -OCH3 is 2. The molecule has 3 aromatic carbocycles. The maximum Gasteiger partial charge on any atom is 0.231 e. The minimum Gasteiger partial charge on any atom is -0.493 e. The summed E-state index contributed by atoms with van der Waals surface area (Å²) in [6.45, 7) is 6.53. The van der Waals surface area contributed by atoms with E-state index in [1.54, 1.807) is 21.1 Å². The van der Waals surface area contributed by atoms with Crippen LogP contribution in [-0.4, -0.2) is 123 Å². The molecule has 0 saturated carbocycles. The number of thioether (sulfide) groups is 1. The van der Waals surface area contributed by atoms with Crippen LogP contribution in [0, 0.1) is 18.3 Å². The summed E-state index contributed by atoms with van der Waals surface area (Å²) in [4.78, 5) is 18.9. The Morgan fingerprint density at radius 2 is 1.73 bits per heavy atom. The summed E-state index contributed by atoms with van der Waals surface area (Å²) in [6, 6.07) is 19.7. The summed E-state index contributed by atoms with van der Waals surface area (Å²) < 4.78 is 42.2. The normalized spacial score (nSPS) is 27.2. The van der Waals surface area contributed by atoms with Crippen molar-refractivity contribution in [1.29, 1.82) is 5.26 Å². The van der Waals surface area contributed by atoms with Crippen LogP contribution in [-0.2, 0) is 34.9 Å². The number of carbonyl (C=O) groups excluding carboxylic acids is 1. The maximum absolute atomic E-state index is 14.5. The smallest absolute Gasteiger partial charge is 0.231 e. The van der Waals surface area contributed by atoms with Crippen molar-refractivity contribution in [3.63, 3.8) is 0 Å². The predicted molar refractivity (Wildman–Crippen MR) is 226 cm³/mol. The van der Waals surface area contributed by atoms with Crippen molar-refractivity contribution in [2.45, 2.75) is 81.4 Å². The zero-order valence-corrected chi connectivity index (χ0v) is 35.9. The number of piperidine rings is 1. The van der Waals surface area contributed by atoms with Crippen LogP contribution < -0.4 is 9.47 Å². The Hall–Kier alpha value is -4.39. The number of rotatable bonds is 14. The van der Waals surface area contributed by atoms with Gasteiger partial charge in [-0.2, -0.15) is 17.0 Å². The average Bonchev–Trinajstić information content (AvgIpc) is 3.86. The first kappa shape index (κ1) is 41.0. The number of piperazine rings is 1. The van der Waals surface area contributed by atoms with Crippen LogP contribution in [0.15, 0.2) is 77.3 Å². The van der Waals surface area contributed by atoms with Gasteiger partial charge in [0.05, 0.1) is 51.2 Å². The summed E-state index contributed by atoms with van der Waals surface area (Å²) in [5.74, 6) is 3.35. The van der Waals surface area contributed by atoms with Crippen molar-refractivity contribution < 1.29 is 43.1 Å². The number of carbonyl (C=O) groups is 1. The van der Waals surface area contributed by atoms with Crippen LogP contribution in [0.2, 0.25) is 0 Å². The summed E-state index contributed by atoms with van der Waals surface area (Å²) >= 11 is 1.85. The Morgan fingerprint density at radius 1 is 1.02 bits per heavy atom. The molecule has 6 aliphatic rings. The predicted octanol–water partition coefficient (Wildman–Crippen LogP) is 6.05. The molecule has 1 N–H and O–H groups in total. The van der Waals surface area contributed by atoms with Crippen molar-refractivity contribution in [3.8, 4) is 28.7 Å². The van der Waals surface area contributed by atoms with Crippen molar-refractivity contribution >= 4 is 17.5 Å². The lowest BCUT2D eigenvalue weighted by Gasteiger charge is -2.62. The first-order chi connectivity index (χ1) is 29.1. The van der Waals surface area contributed by atoms with E-state index in [2.05, 4.69) is 77.4 Å². The SMILES string of the molecule is COCCOCOc1c(OC)c(C)cc2c1[C@@H]1C3CC4(O)C(=O)C(C)=C5OCOC5=C4[C@H](COC(C)CSCC4c5ccccc5-c5ccccc54)N3[C@@H](C#N)[C@H](C2)N1C. The van der Waals surface area contributed by atoms with Gasteiger partial charge in [0.15, 0.2) is 41.2 Å². The molecule has 4 heterocycles. The van der Waals surface area contributed by atoms with Crippen LogP contribution in [0.1, 0.15) is 60.0 Å². The van der Waals surface area contributed by atoms with Crippen LogP contribution in [0.25, 0.3) is 11.1 Å². The number of benzene rings is 3. The molecule has 9 rings (SSSR count). The van der Waals surface area contributed by atoms with Gasteiger partial charge in [-0.05, 0) is 67.6 Å². The summed E-state index contributed by atoms with van der Waals surface area (Å²) in [7, 11) is 5.27. The molecule has 316 valence electrons. The third kappa shape index (κ3) is 6.54. The second-order valence-electron chi connectivity index (χ2n) is 16.7. The number of hydrogen-bond donors (Lipinski definition) is 1. The van der Waals surface area contributed by atoms with Gasteiger partial charge in [0.1, 0.15) is 6.04 Å². The highest BCUT2D eigenvalue weighted by Crippen LogP contribution is 2.57. The van der Waals surface area contributed by atoms with Gasteiger partial charge in [-0.3, -0.25) is 14.6 Å². The van der Waals surface area contributed by atoms with E-state index in [0.29, 0.717) is 53.8 Å². The number of aliphatic hydroxyl groups is 1. The number of hydrogen-bond acceptors (Lipinski definition) is 13.